The molecule has 1 N–H and O–H groups in total. The van der Waals surface area contributed by atoms with Crippen molar-refractivity contribution in [2.75, 3.05) is 0 Å². The normalized spacial score (nSPS) is 16.4. The minimum absolute atomic E-state index is 0.0812. The highest BCUT2D eigenvalue weighted by Gasteiger charge is 2.23. The predicted molar refractivity (Wildman–Crippen MR) is 93.8 cm³/mol. The molecule has 1 fully saturated rings. The van der Waals surface area contributed by atoms with Gasteiger partial charge < -0.3 is 9.88 Å². The standard InChI is InChI=1S/C18H22N6O/c1-13(18-22-19-12-23(18)15-7-3-4-8-15)21-17(25)11-24-16-9-5-2-6-14(16)10-20-24/h2,5-6,9-10,12-13,15H,3-4,7-8,11H2,1H3,(H,21,25)/t13-/m0/s1. The molecule has 1 amide bonds. The second-order valence-electron chi connectivity index (χ2n) is 6.68. The first-order valence-corrected chi connectivity index (χ1v) is 8.81. The highest BCUT2D eigenvalue weighted by Crippen LogP contribution is 2.31. The Morgan fingerprint density at radius 3 is 2.96 bits per heavy atom. The monoisotopic (exact) mass is 338 g/mol. The molecule has 0 spiro atoms. The van der Waals surface area contributed by atoms with Gasteiger partial charge in [0.1, 0.15) is 12.9 Å². The Balaban J connectivity index is 1.45. The smallest absolute Gasteiger partial charge is 0.242 e. The summed E-state index contributed by atoms with van der Waals surface area (Å²) in [5.41, 5.74) is 0.958. The Hall–Kier alpha value is -2.70. The van der Waals surface area contributed by atoms with Crippen molar-refractivity contribution >= 4 is 16.8 Å². The highest BCUT2D eigenvalue weighted by molar-refractivity contribution is 5.82. The zero-order chi connectivity index (χ0) is 17.2. The van der Waals surface area contributed by atoms with E-state index in [2.05, 4.69) is 25.2 Å². The number of carbonyl (C=O) groups excluding carboxylic acids is 1. The fourth-order valence-electron chi connectivity index (χ4n) is 3.66. The maximum atomic E-state index is 12.5. The maximum Gasteiger partial charge on any atom is 0.242 e. The molecule has 7 nitrogen and oxygen atoms in total. The number of hydrogen-bond donors (Lipinski definition) is 1. The Morgan fingerprint density at radius 2 is 2.12 bits per heavy atom. The molecule has 4 rings (SSSR count). The molecule has 1 aliphatic carbocycles. The van der Waals surface area contributed by atoms with Crippen LogP contribution in [0.25, 0.3) is 10.9 Å². The van der Waals surface area contributed by atoms with Crippen molar-refractivity contribution in [1.82, 2.24) is 29.9 Å². The van der Waals surface area contributed by atoms with Gasteiger partial charge in [-0.2, -0.15) is 5.10 Å². The molecule has 1 aromatic carbocycles. The van der Waals surface area contributed by atoms with E-state index in [1.807, 2.05) is 31.2 Å². The van der Waals surface area contributed by atoms with E-state index in [0.29, 0.717) is 6.04 Å². The molecular formula is C18H22N6O. The molecule has 0 radical (unpaired) electrons. The zero-order valence-corrected chi connectivity index (χ0v) is 14.3. The lowest BCUT2D eigenvalue weighted by Crippen LogP contribution is -2.32. The van der Waals surface area contributed by atoms with Gasteiger partial charge in [0, 0.05) is 11.4 Å². The van der Waals surface area contributed by atoms with Crippen LogP contribution in [0.3, 0.4) is 0 Å². The fraction of sp³-hybridized carbons (Fsp3) is 0.444. The van der Waals surface area contributed by atoms with Gasteiger partial charge in [0.25, 0.3) is 0 Å². The molecular weight excluding hydrogens is 316 g/mol. The van der Waals surface area contributed by atoms with Crippen molar-refractivity contribution in [2.24, 2.45) is 0 Å². The molecule has 2 heterocycles. The van der Waals surface area contributed by atoms with Crippen molar-refractivity contribution in [3.05, 3.63) is 42.6 Å². The molecule has 1 aliphatic rings. The number of amides is 1. The maximum absolute atomic E-state index is 12.5. The molecule has 0 aliphatic heterocycles. The molecule has 130 valence electrons. The van der Waals surface area contributed by atoms with Gasteiger partial charge in [0.15, 0.2) is 5.82 Å². The summed E-state index contributed by atoms with van der Waals surface area (Å²) in [6.07, 6.45) is 8.37. The Bertz CT molecular complexity index is 876. The molecule has 0 saturated heterocycles. The van der Waals surface area contributed by atoms with Gasteiger partial charge in [-0.15, -0.1) is 10.2 Å². The van der Waals surface area contributed by atoms with Gasteiger partial charge in [-0.05, 0) is 25.8 Å². The quantitative estimate of drug-likeness (QED) is 0.776. The van der Waals surface area contributed by atoms with Crippen LogP contribution in [0.5, 0.6) is 0 Å². The number of aromatic nitrogens is 5. The molecule has 7 heteroatoms. The van der Waals surface area contributed by atoms with Crippen LogP contribution in [0.15, 0.2) is 36.8 Å². The molecule has 1 saturated carbocycles. The van der Waals surface area contributed by atoms with Gasteiger partial charge in [-0.25, -0.2) is 0 Å². The second-order valence-corrected chi connectivity index (χ2v) is 6.68. The first-order chi connectivity index (χ1) is 12.2. The molecule has 2 aromatic heterocycles. The van der Waals surface area contributed by atoms with Crippen molar-refractivity contribution < 1.29 is 4.79 Å². The van der Waals surface area contributed by atoms with Gasteiger partial charge in [-0.1, -0.05) is 31.0 Å². The fourth-order valence-corrected chi connectivity index (χ4v) is 3.66. The third-order valence-electron chi connectivity index (χ3n) is 4.93. The number of carbonyl (C=O) groups is 1. The summed E-state index contributed by atoms with van der Waals surface area (Å²) in [5, 5.41) is 16.7. The average molecular weight is 338 g/mol. The minimum atomic E-state index is -0.183. The average Bonchev–Trinajstić information content (AvgIpc) is 3.35. The third kappa shape index (κ3) is 3.14. The van der Waals surface area contributed by atoms with E-state index in [9.17, 15) is 4.79 Å². The predicted octanol–water partition coefficient (Wildman–Crippen LogP) is 2.62. The van der Waals surface area contributed by atoms with Gasteiger partial charge in [0.05, 0.1) is 17.8 Å². The lowest BCUT2D eigenvalue weighted by Gasteiger charge is -2.18. The summed E-state index contributed by atoms with van der Waals surface area (Å²) < 4.78 is 3.85. The number of para-hydroxylation sites is 1. The number of fused-ring (bicyclic) bond motifs is 1. The first kappa shape index (κ1) is 15.8. The van der Waals surface area contributed by atoms with Crippen LogP contribution in [0.2, 0.25) is 0 Å². The number of nitrogens with one attached hydrogen (secondary N) is 1. The summed E-state index contributed by atoms with van der Waals surface area (Å²) in [6, 6.07) is 8.15. The number of hydrogen-bond acceptors (Lipinski definition) is 4. The largest absolute Gasteiger partial charge is 0.345 e. The number of nitrogens with zero attached hydrogens (tertiary/aromatic N) is 5. The Morgan fingerprint density at radius 1 is 1.32 bits per heavy atom. The Labute approximate surface area is 146 Å². The highest BCUT2D eigenvalue weighted by atomic mass is 16.2. The van der Waals surface area contributed by atoms with Crippen molar-refractivity contribution in [3.63, 3.8) is 0 Å². The molecule has 0 unspecified atom stereocenters. The lowest BCUT2D eigenvalue weighted by atomic mass is 10.2. The summed E-state index contributed by atoms with van der Waals surface area (Å²) >= 11 is 0. The summed E-state index contributed by atoms with van der Waals surface area (Å²) in [5.74, 6) is 0.743. The lowest BCUT2D eigenvalue weighted by molar-refractivity contribution is -0.122. The van der Waals surface area contributed by atoms with Crippen molar-refractivity contribution in [2.45, 2.75) is 51.2 Å². The van der Waals surface area contributed by atoms with E-state index in [-0.39, 0.29) is 18.5 Å². The van der Waals surface area contributed by atoms with Crippen LogP contribution in [0.4, 0.5) is 0 Å². The number of benzene rings is 1. The van der Waals surface area contributed by atoms with E-state index in [1.165, 1.54) is 12.8 Å². The van der Waals surface area contributed by atoms with E-state index in [1.54, 1.807) is 17.2 Å². The minimum Gasteiger partial charge on any atom is -0.345 e. The number of rotatable bonds is 5. The second kappa shape index (κ2) is 6.66. The van der Waals surface area contributed by atoms with E-state index in [4.69, 9.17) is 0 Å². The van der Waals surface area contributed by atoms with Crippen LogP contribution in [-0.4, -0.2) is 30.5 Å². The Kier molecular flexibility index (Phi) is 4.21. The van der Waals surface area contributed by atoms with Crippen molar-refractivity contribution in [3.8, 4) is 0 Å². The summed E-state index contributed by atoms with van der Waals surface area (Å²) in [6.45, 7) is 2.14. The summed E-state index contributed by atoms with van der Waals surface area (Å²) in [7, 11) is 0. The van der Waals surface area contributed by atoms with Crippen LogP contribution in [-0.2, 0) is 11.3 Å². The van der Waals surface area contributed by atoms with E-state index in [0.717, 1.165) is 29.6 Å². The third-order valence-corrected chi connectivity index (χ3v) is 4.93. The van der Waals surface area contributed by atoms with Crippen LogP contribution in [0.1, 0.15) is 50.5 Å². The van der Waals surface area contributed by atoms with Crippen LogP contribution in [0, 0.1) is 0 Å². The van der Waals surface area contributed by atoms with Crippen LogP contribution >= 0.6 is 0 Å². The first-order valence-electron chi connectivity index (χ1n) is 8.81. The molecule has 3 aromatic rings. The van der Waals surface area contributed by atoms with E-state index >= 15 is 0 Å². The SMILES string of the molecule is C[C@H](NC(=O)Cn1ncc2ccccc21)c1nncn1C1CCCC1. The molecule has 1 atom stereocenters. The summed E-state index contributed by atoms with van der Waals surface area (Å²) in [4.78, 5) is 12.5. The zero-order valence-electron chi connectivity index (χ0n) is 14.3. The molecule has 25 heavy (non-hydrogen) atoms. The van der Waals surface area contributed by atoms with Crippen molar-refractivity contribution in [1.29, 1.82) is 0 Å². The van der Waals surface area contributed by atoms with Gasteiger partial charge >= 0.3 is 0 Å². The molecule has 0 bridgehead atoms. The van der Waals surface area contributed by atoms with Crippen LogP contribution < -0.4 is 5.32 Å². The van der Waals surface area contributed by atoms with E-state index < -0.39 is 0 Å². The topological polar surface area (TPSA) is 77.6 Å². The van der Waals surface area contributed by atoms with Gasteiger partial charge in [-0.3, -0.25) is 9.48 Å². The van der Waals surface area contributed by atoms with Gasteiger partial charge in [0.2, 0.25) is 5.91 Å².